The Balaban J connectivity index is 1.54. The molecule has 0 saturated carbocycles. The molecule has 0 bridgehead atoms. The van der Waals surface area contributed by atoms with Crippen molar-refractivity contribution >= 4 is 29.0 Å². The Labute approximate surface area is 283 Å². The highest BCUT2D eigenvalue weighted by Gasteiger charge is 2.14. The number of hydrogen-bond acceptors (Lipinski definition) is 5. The Morgan fingerprint density at radius 3 is 1.36 bits per heavy atom. The van der Waals surface area contributed by atoms with E-state index in [1.165, 1.54) is 22.3 Å². The van der Waals surface area contributed by atoms with Gasteiger partial charge in [-0.3, -0.25) is 0 Å². The van der Waals surface area contributed by atoms with E-state index in [-0.39, 0.29) is 11.9 Å². The molecule has 0 radical (unpaired) electrons. The van der Waals surface area contributed by atoms with Crippen LogP contribution in [0.15, 0.2) is 90.0 Å². The minimum absolute atomic E-state index is 0.210. The standard InChI is InChI=1S/C42H55NO4/c1-7-32(3)41(44)46-29-15-11-9-13-17-36-20-25-38(26-21-36)43(40-24-19-34(5)35(6)31-40)39-27-22-37(23-28-39)18-14-10-12-16-30-47-42(45)33(4)8-2/h7-8,19-28,31H,9-18,29-30H2,1-6H3/b32-7+,33-8+. The molecule has 0 aliphatic carbocycles. The number of unbranched alkanes of at least 4 members (excludes halogenated alkanes) is 6. The van der Waals surface area contributed by atoms with Gasteiger partial charge in [0.15, 0.2) is 0 Å². The van der Waals surface area contributed by atoms with Crippen molar-refractivity contribution in [2.24, 2.45) is 0 Å². The number of carbonyl (C=O) groups is 2. The van der Waals surface area contributed by atoms with Crippen LogP contribution >= 0.6 is 0 Å². The molecule has 3 aromatic carbocycles. The lowest BCUT2D eigenvalue weighted by molar-refractivity contribution is -0.140. The minimum Gasteiger partial charge on any atom is -0.462 e. The van der Waals surface area contributed by atoms with E-state index in [1.54, 1.807) is 26.0 Å². The largest absolute Gasteiger partial charge is 0.462 e. The first-order chi connectivity index (χ1) is 22.7. The van der Waals surface area contributed by atoms with Crippen LogP contribution in [0.5, 0.6) is 0 Å². The van der Waals surface area contributed by atoms with Gasteiger partial charge in [-0.25, -0.2) is 9.59 Å². The van der Waals surface area contributed by atoms with Gasteiger partial charge in [-0.2, -0.15) is 0 Å². The predicted molar refractivity (Wildman–Crippen MR) is 196 cm³/mol. The third kappa shape index (κ3) is 12.5. The summed E-state index contributed by atoms with van der Waals surface area (Å²) in [5.74, 6) is -0.420. The first kappa shape index (κ1) is 37.3. The lowest BCUT2D eigenvalue weighted by Gasteiger charge is -2.26. The van der Waals surface area contributed by atoms with Crippen LogP contribution in [0, 0.1) is 13.8 Å². The normalized spacial score (nSPS) is 11.8. The van der Waals surface area contributed by atoms with Crippen molar-refractivity contribution in [2.75, 3.05) is 18.1 Å². The monoisotopic (exact) mass is 637 g/mol. The molecule has 0 aliphatic heterocycles. The SMILES string of the molecule is C/C=C(\C)C(=O)OCCCCCCc1ccc(N(c2ccc(CCCCCCOC(=O)/C(C)=C/C)cc2)c2ccc(C)c(C)c2)cc1. The summed E-state index contributed by atoms with van der Waals surface area (Å²) in [6.45, 7) is 12.6. The number of aryl methyl sites for hydroxylation is 4. The fourth-order valence-electron chi connectivity index (χ4n) is 5.30. The Morgan fingerprint density at radius 2 is 0.957 bits per heavy atom. The van der Waals surface area contributed by atoms with E-state index in [1.807, 2.05) is 13.8 Å². The number of esters is 2. The number of allylic oxidation sites excluding steroid dienone is 2. The highest BCUT2D eigenvalue weighted by atomic mass is 16.5. The molecule has 252 valence electrons. The molecule has 5 heteroatoms. The van der Waals surface area contributed by atoms with Gasteiger partial charge >= 0.3 is 11.9 Å². The molecule has 0 fully saturated rings. The second-order valence-corrected chi connectivity index (χ2v) is 12.5. The number of rotatable bonds is 19. The third-order valence-corrected chi connectivity index (χ3v) is 8.83. The summed E-state index contributed by atoms with van der Waals surface area (Å²) < 4.78 is 10.6. The van der Waals surface area contributed by atoms with E-state index in [4.69, 9.17) is 9.47 Å². The van der Waals surface area contributed by atoms with Crippen molar-refractivity contribution in [1.29, 1.82) is 0 Å². The van der Waals surface area contributed by atoms with Gasteiger partial charge in [0.05, 0.1) is 13.2 Å². The van der Waals surface area contributed by atoms with Gasteiger partial charge in [-0.05, 0) is 139 Å². The van der Waals surface area contributed by atoms with Crippen LogP contribution in [-0.4, -0.2) is 25.2 Å². The fourth-order valence-corrected chi connectivity index (χ4v) is 5.30. The molecule has 0 aromatic heterocycles. The second-order valence-electron chi connectivity index (χ2n) is 12.5. The van der Waals surface area contributed by atoms with Gasteiger partial charge in [0.1, 0.15) is 0 Å². The average Bonchev–Trinajstić information content (AvgIpc) is 3.09. The number of ether oxygens (including phenoxy) is 2. The van der Waals surface area contributed by atoms with Gasteiger partial charge in [0.2, 0.25) is 0 Å². The van der Waals surface area contributed by atoms with Gasteiger partial charge in [-0.15, -0.1) is 0 Å². The first-order valence-corrected chi connectivity index (χ1v) is 17.4. The summed E-state index contributed by atoms with van der Waals surface area (Å²) in [6, 6.07) is 24.6. The molecule has 3 aromatic rings. The van der Waals surface area contributed by atoms with E-state index < -0.39 is 0 Å². The zero-order valence-corrected chi connectivity index (χ0v) is 29.6. The molecule has 0 atom stereocenters. The maximum atomic E-state index is 11.8. The molecule has 0 unspecified atom stereocenters. The highest BCUT2D eigenvalue weighted by molar-refractivity contribution is 5.88. The Bertz CT molecular complexity index is 1380. The van der Waals surface area contributed by atoms with Gasteiger partial charge < -0.3 is 14.4 Å². The maximum Gasteiger partial charge on any atom is 0.333 e. The second kappa shape index (κ2) is 20.2. The van der Waals surface area contributed by atoms with Crippen molar-refractivity contribution in [2.45, 2.75) is 106 Å². The predicted octanol–water partition coefficient (Wildman–Crippen LogP) is 11.0. The molecule has 3 rings (SSSR count). The maximum absolute atomic E-state index is 11.8. The van der Waals surface area contributed by atoms with Crippen molar-refractivity contribution in [1.82, 2.24) is 0 Å². The Morgan fingerprint density at radius 1 is 0.553 bits per heavy atom. The molecular weight excluding hydrogens is 582 g/mol. The van der Waals surface area contributed by atoms with Crippen LogP contribution in [0.3, 0.4) is 0 Å². The Hall–Kier alpha value is -4.12. The number of hydrogen-bond donors (Lipinski definition) is 0. The van der Waals surface area contributed by atoms with Crippen molar-refractivity contribution in [3.63, 3.8) is 0 Å². The highest BCUT2D eigenvalue weighted by Crippen LogP contribution is 2.36. The van der Waals surface area contributed by atoms with E-state index in [9.17, 15) is 9.59 Å². The van der Waals surface area contributed by atoms with Gasteiger partial charge in [-0.1, -0.05) is 68.2 Å². The molecular formula is C42H55NO4. The molecule has 0 saturated heterocycles. The number of carbonyl (C=O) groups excluding carboxylic acids is 2. The van der Waals surface area contributed by atoms with Crippen molar-refractivity contribution in [3.05, 3.63) is 112 Å². The summed E-state index contributed by atoms with van der Waals surface area (Å²) in [4.78, 5) is 25.9. The van der Waals surface area contributed by atoms with Crippen LogP contribution in [0.1, 0.15) is 101 Å². The summed E-state index contributed by atoms with van der Waals surface area (Å²) in [6.07, 6.45) is 14.1. The molecule has 0 spiro atoms. The van der Waals surface area contributed by atoms with Crippen LogP contribution in [0.25, 0.3) is 0 Å². The number of nitrogens with zero attached hydrogens (tertiary/aromatic N) is 1. The van der Waals surface area contributed by atoms with E-state index >= 15 is 0 Å². The summed E-state index contributed by atoms with van der Waals surface area (Å²) in [5, 5.41) is 0. The van der Waals surface area contributed by atoms with Gasteiger partial charge in [0.25, 0.3) is 0 Å². The lowest BCUT2D eigenvalue weighted by atomic mass is 10.0. The first-order valence-electron chi connectivity index (χ1n) is 17.4. The van der Waals surface area contributed by atoms with Crippen LogP contribution < -0.4 is 4.90 Å². The molecule has 0 amide bonds. The third-order valence-electron chi connectivity index (χ3n) is 8.83. The topological polar surface area (TPSA) is 55.8 Å². The smallest absolute Gasteiger partial charge is 0.333 e. The number of benzene rings is 3. The number of anilines is 3. The van der Waals surface area contributed by atoms with Crippen LogP contribution in [0.2, 0.25) is 0 Å². The Kier molecular flexibility index (Phi) is 16.0. The zero-order valence-electron chi connectivity index (χ0n) is 29.6. The average molecular weight is 638 g/mol. The van der Waals surface area contributed by atoms with E-state index in [0.717, 1.165) is 81.3 Å². The van der Waals surface area contributed by atoms with E-state index in [0.29, 0.717) is 24.4 Å². The molecule has 0 heterocycles. The molecule has 0 aliphatic rings. The van der Waals surface area contributed by atoms with Crippen LogP contribution in [0.4, 0.5) is 17.1 Å². The summed E-state index contributed by atoms with van der Waals surface area (Å²) in [7, 11) is 0. The van der Waals surface area contributed by atoms with Crippen molar-refractivity contribution in [3.8, 4) is 0 Å². The fraction of sp³-hybridized carbons (Fsp3) is 0.429. The van der Waals surface area contributed by atoms with E-state index in [2.05, 4.69) is 85.5 Å². The van der Waals surface area contributed by atoms with Gasteiger partial charge in [0, 0.05) is 28.2 Å². The van der Waals surface area contributed by atoms with Crippen molar-refractivity contribution < 1.29 is 19.1 Å². The van der Waals surface area contributed by atoms with Crippen LogP contribution in [-0.2, 0) is 31.9 Å². The molecule has 47 heavy (non-hydrogen) atoms. The zero-order chi connectivity index (χ0) is 34.0. The summed E-state index contributed by atoms with van der Waals surface area (Å²) >= 11 is 0. The lowest BCUT2D eigenvalue weighted by Crippen LogP contribution is -2.10. The molecule has 0 N–H and O–H groups in total. The minimum atomic E-state index is -0.210. The molecule has 5 nitrogen and oxygen atoms in total. The quantitative estimate of drug-likeness (QED) is 0.0743. The summed E-state index contributed by atoms with van der Waals surface area (Å²) in [5.41, 5.74) is 10.0.